The summed E-state index contributed by atoms with van der Waals surface area (Å²) in [6.45, 7) is 5.41. The van der Waals surface area contributed by atoms with E-state index in [1.165, 1.54) is 0 Å². The van der Waals surface area contributed by atoms with Gasteiger partial charge in [-0.05, 0) is 44.9 Å². The molecule has 0 amide bonds. The maximum Gasteiger partial charge on any atom is 0.175 e. The minimum absolute atomic E-state index is 0.428. The number of aromatic nitrogens is 3. The zero-order valence-electron chi connectivity index (χ0n) is 12.6. The number of hydrogen-bond acceptors (Lipinski definition) is 4. The van der Waals surface area contributed by atoms with Gasteiger partial charge in [-0.3, -0.25) is 0 Å². The molecule has 0 radical (unpaired) electrons. The monoisotopic (exact) mass is 305 g/mol. The van der Waals surface area contributed by atoms with Crippen LogP contribution in [0.4, 0.5) is 11.5 Å². The standard InChI is InChI=1S/C15H20ClN5/c1-10(2)20-8-4-5-13-15(20)18-19-21(13)14-9-11(16)6-7-12(14)17-3/h6-7,9-10,17H,4-5,8H2,1-3H3. The zero-order chi connectivity index (χ0) is 15.0. The molecule has 5 nitrogen and oxygen atoms in total. The van der Waals surface area contributed by atoms with E-state index in [2.05, 4.69) is 34.4 Å². The summed E-state index contributed by atoms with van der Waals surface area (Å²) in [6, 6.07) is 6.20. The molecular weight excluding hydrogens is 286 g/mol. The summed E-state index contributed by atoms with van der Waals surface area (Å²) in [7, 11) is 1.90. The summed E-state index contributed by atoms with van der Waals surface area (Å²) in [5.74, 6) is 0.998. The van der Waals surface area contributed by atoms with Crippen LogP contribution in [0.25, 0.3) is 5.69 Å². The number of rotatable bonds is 3. The van der Waals surface area contributed by atoms with Crippen molar-refractivity contribution >= 4 is 23.1 Å². The zero-order valence-corrected chi connectivity index (χ0v) is 13.4. The highest BCUT2D eigenvalue weighted by Crippen LogP contribution is 2.31. The van der Waals surface area contributed by atoms with Gasteiger partial charge in [-0.1, -0.05) is 16.8 Å². The van der Waals surface area contributed by atoms with Crippen LogP contribution >= 0.6 is 11.6 Å². The Morgan fingerprint density at radius 2 is 2.14 bits per heavy atom. The van der Waals surface area contributed by atoms with Crippen molar-refractivity contribution in [2.75, 3.05) is 23.8 Å². The molecule has 1 aromatic carbocycles. The highest BCUT2D eigenvalue weighted by atomic mass is 35.5. The lowest BCUT2D eigenvalue weighted by Gasteiger charge is -2.31. The van der Waals surface area contributed by atoms with E-state index in [-0.39, 0.29) is 0 Å². The highest BCUT2D eigenvalue weighted by molar-refractivity contribution is 6.30. The minimum Gasteiger partial charge on any atom is -0.386 e. The maximum atomic E-state index is 6.15. The van der Waals surface area contributed by atoms with Crippen LogP contribution in [-0.2, 0) is 6.42 Å². The maximum absolute atomic E-state index is 6.15. The third-order valence-electron chi connectivity index (χ3n) is 3.91. The molecule has 0 bridgehead atoms. The van der Waals surface area contributed by atoms with E-state index in [0.717, 1.165) is 42.3 Å². The van der Waals surface area contributed by atoms with Crippen LogP contribution in [0.1, 0.15) is 26.0 Å². The number of nitrogens with one attached hydrogen (secondary N) is 1. The molecule has 112 valence electrons. The van der Waals surface area contributed by atoms with Crippen molar-refractivity contribution in [2.45, 2.75) is 32.7 Å². The molecule has 0 saturated heterocycles. The number of anilines is 2. The van der Waals surface area contributed by atoms with E-state index in [9.17, 15) is 0 Å². The summed E-state index contributed by atoms with van der Waals surface area (Å²) in [6.07, 6.45) is 2.11. The molecule has 0 atom stereocenters. The van der Waals surface area contributed by atoms with Crippen molar-refractivity contribution < 1.29 is 0 Å². The lowest BCUT2D eigenvalue weighted by molar-refractivity contribution is 0.610. The molecule has 2 aromatic rings. The van der Waals surface area contributed by atoms with Crippen molar-refractivity contribution in [3.8, 4) is 5.69 Å². The summed E-state index contributed by atoms with van der Waals surface area (Å²) in [5.41, 5.74) is 3.10. The number of fused-ring (bicyclic) bond motifs is 1. The average molecular weight is 306 g/mol. The predicted molar refractivity (Wildman–Crippen MR) is 86.7 cm³/mol. The summed E-state index contributed by atoms with van der Waals surface area (Å²) >= 11 is 6.15. The molecule has 0 aliphatic carbocycles. The summed E-state index contributed by atoms with van der Waals surface area (Å²) < 4.78 is 1.92. The van der Waals surface area contributed by atoms with Crippen molar-refractivity contribution in [1.29, 1.82) is 0 Å². The SMILES string of the molecule is CNc1ccc(Cl)cc1-n1nnc2c1CCCN2C(C)C. The van der Waals surface area contributed by atoms with Crippen molar-refractivity contribution in [3.63, 3.8) is 0 Å². The van der Waals surface area contributed by atoms with Crippen LogP contribution in [-0.4, -0.2) is 34.6 Å². The van der Waals surface area contributed by atoms with E-state index in [4.69, 9.17) is 11.6 Å². The molecule has 1 aliphatic heterocycles. The topological polar surface area (TPSA) is 46.0 Å². The Bertz CT molecular complexity index is 650. The van der Waals surface area contributed by atoms with Crippen LogP contribution in [0.3, 0.4) is 0 Å². The minimum atomic E-state index is 0.428. The molecule has 0 fully saturated rings. The molecule has 0 spiro atoms. The molecular formula is C15H20ClN5. The van der Waals surface area contributed by atoms with E-state index >= 15 is 0 Å². The normalized spacial score (nSPS) is 14.4. The van der Waals surface area contributed by atoms with Gasteiger partial charge in [-0.25, -0.2) is 4.68 Å². The first-order valence-electron chi connectivity index (χ1n) is 7.30. The van der Waals surface area contributed by atoms with Gasteiger partial charge in [-0.15, -0.1) is 5.10 Å². The lowest BCUT2D eigenvalue weighted by Crippen LogP contribution is -2.35. The molecule has 1 aliphatic rings. The molecule has 2 heterocycles. The molecule has 1 N–H and O–H groups in total. The van der Waals surface area contributed by atoms with Gasteiger partial charge in [0.15, 0.2) is 5.82 Å². The fraction of sp³-hybridized carbons (Fsp3) is 0.467. The quantitative estimate of drug-likeness (QED) is 0.946. The van der Waals surface area contributed by atoms with Gasteiger partial charge >= 0.3 is 0 Å². The fourth-order valence-electron chi connectivity index (χ4n) is 2.84. The predicted octanol–water partition coefficient (Wildman–Crippen LogP) is 3.12. The first-order valence-corrected chi connectivity index (χ1v) is 7.68. The van der Waals surface area contributed by atoms with Crippen LogP contribution < -0.4 is 10.2 Å². The van der Waals surface area contributed by atoms with Crippen molar-refractivity contribution in [3.05, 3.63) is 28.9 Å². The Morgan fingerprint density at radius 3 is 2.86 bits per heavy atom. The van der Waals surface area contributed by atoms with E-state index in [1.807, 2.05) is 29.9 Å². The van der Waals surface area contributed by atoms with E-state index < -0.39 is 0 Å². The Morgan fingerprint density at radius 1 is 1.33 bits per heavy atom. The van der Waals surface area contributed by atoms with Gasteiger partial charge in [0, 0.05) is 24.7 Å². The number of benzene rings is 1. The van der Waals surface area contributed by atoms with Crippen molar-refractivity contribution in [2.24, 2.45) is 0 Å². The first-order chi connectivity index (χ1) is 10.1. The summed E-state index contributed by atoms with van der Waals surface area (Å²) in [5, 5.41) is 12.7. The second-order valence-corrected chi connectivity index (χ2v) is 6.01. The number of nitrogens with zero attached hydrogens (tertiary/aromatic N) is 4. The first kappa shape index (κ1) is 14.2. The summed E-state index contributed by atoms with van der Waals surface area (Å²) in [4.78, 5) is 2.31. The van der Waals surface area contributed by atoms with Crippen LogP contribution in [0.5, 0.6) is 0 Å². The smallest absolute Gasteiger partial charge is 0.175 e. The van der Waals surface area contributed by atoms with E-state index in [0.29, 0.717) is 11.1 Å². The molecule has 21 heavy (non-hydrogen) atoms. The van der Waals surface area contributed by atoms with Crippen LogP contribution in [0.2, 0.25) is 5.02 Å². The van der Waals surface area contributed by atoms with Crippen molar-refractivity contribution in [1.82, 2.24) is 15.0 Å². The van der Waals surface area contributed by atoms with E-state index in [1.54, 1.807) is 0 Å². The average Bonchev–Trinajstić information content (AvgIpc) is 2.90. The van der Waals surface area contributed by atoms with Gasteiger partial charge in [0.05, 0.1) is 17.1 Å². The van der Waals surface area contributed by atoms with Gasteiger partial charge in [0.2, 0.25) is 0 Å². The Labute approximate surface area is 129 Å². The second-order valence-electron chi connectivity index (χ2n) is 5.57. The number of halogens is 1. The molecule has 3 rings (SSSR count). The second kappa shape index (κ2) is 5.56. The lowest BCUT2D eigenvalue weighted by atomic mass is 10.1. The fourth-order valence-corrected chi connectivity index (χ4v) is 3.01. The van der Waals surface area contributed by atoms with Gasteiger partial charge < -0.3 is 10.2 Å². The largest absolute Gasteiger partial charge is 0.386 e. The Kier molecular flexibility index (Phi) is 3.76. The molecule has 1 aromatic heterocycles. The van der Waals surface area contributed by atoms with Gasteiger partial charge in [0.25, 0.3) is 0 Å². The third-order valence-corrected chi connectivity index (χ3v) is 4.14. The molecule has 0 unspecified atom stereocenters. The van der Waals surface area contributed by atoms with Crippen LogP contribution in [0.15, 0.2) is 18.2 Å². The Balaban J connectivity index is 2.11. The van der Waals surface area contributed by atoms with Crippen LogP contribution in [0, 0.1) is 0 Å². The molecule has 6 heteroatoms. The third kappa shape index (κ3) is 2.46. The number of hydrogen-bond donors (Lipinski definition) is 1. The Hall–Kier alpha value is -1.75. The van der Waals surface area contributed by atoms with Gasteiger partial charge in [0.1, 0.15) is 0 Å². The molecule has 0 saturated carbocycles. The highest BCUT2D eigenvalue weighted by Gasteiger charge is 2.26. The van der Waals surface area contributed by atoms with Gasteiger partial charge in [-0.2, -0.15) is 0 Å².